The molecule has 3 rings (SSSR count). The number of hydrogen-bond donors (Lipinski definition) is 1. The van der Waals surface area contributed by atoms with Gasteiger partial charge >= 0.3 is 0 Å². The van der Waals surface area contributed by atoms with Crippen LogP contribution in [-0.2, 0) is 13.6 Å². The second kappa shape index (κ2) is 4.93. The monoisotopic (exact) mass is 274 g/mol. The first-order chi connectivity index (χ1) is 9.29. The summed E-state index contributed by atoms with van der Waals surface area (Å²) >= 11 is 1.64. The number of H-pyrrole nitrogens is 1. The predicted molar refractivity (Wildman–Crippen MR) is 73.9 cm³/mol. The molecule has 3 aromatic heterocycles. The van der Waals surface area contributed by atoms with Gasteiger partial charge in [0.05, 0.1) is 31.0 Å². The first-order valence-electron chi connectivity index (χ1n) is 5.84. The average molecular weight is 274 g/mol. The van der Waals surface area contributed by atoms with Gasteiger partial charge in [-0.3, -0.25) is 0 Å². The van der Waals surface area contributed by atoms with Gasteiger partial charge in [-0.15, -0.1) is 0 Å². The Kier molecular flexibility index (Phi) is 3.12. The standard InChI is InChI=1S/C12H14N6S/c1-17-9(5-15-12(17)19-2)7-18-4-3-14-11(18)10-6-13-8-16-10/h3-6,8H,7H2,1-2H3,(H,13,16). The number of aromatic amines is 1. The molecule has 0 amide bonds. The Morgan fingerprint density at radius 1 is 1.32 bits per heavy atom. The maximum absolute atomic E-state index is 4.38. The number of nitrogens with one attached hydrogen (secondary N) is 1. The molecule has 0 fully saturated rings. The molecule has 0 saturated heterocycles. The van der Waals surface area contributed by atoms with E-state index in [-0.39, 0.29) is 0 Å². The highest BCUT2D eigenvalue weighted by Crippen LogP contribution is 2.18. The van der Waals surface area contributed by atoms with Crippen LogP contribution in [0.2, 0.25) is 0 Å². The zero-order valence-electron chi connectivity index (χ0n) is 10.7. The molecule has 6 nitrogen and oxygen atoms in total. The Balaban J connectivity index is 1.92. The Morgan fingerprint density at radius 2 is 2.21 bits per heavy atom. The highest BCUT2D eigenvalue weighted by atomic mass is 32.2. The molecular formula is C12H14N6S. The molecule has 0 aliphatic heterocycles. The smallest absolute Gasteiger partial charge is 0.167 e. The van der Waals surface area contributed by atoms with Gasteiger partial charge in [-0.05, 0) is 6.26 Å². The topological polar surface area (TPSA) is 64.3 Å². The molecule has 0 aliphatic rings. The molecule has 0 radical (unpaired) electrons. The third-order valence-corrected chi connectivity index (χ3v) is 3.76. The predicted octanol–water partition coefficient (Wildman–Crippen LogP) is 1.78. The van der Waals surface area contributed by atoms with E-state index in [1.54, 1.807) is 30.5 Å². The summed E-state index contributed by atoms with van der Waals surface area (Å²) in [6.07, 6.45) is 11.1. The van der Waals surface area contributed by atoms with Gasteiger partial charge in [-0.1, -0.05) is 11.8 Å². The van der Waals surface area contributed by atoms with Crippen molar-refractivity contribution >= 4 is 11.8 Å². The first kappa shape index (κ1) is 12.0. The third-order valence-electron chi connectivity index (χ3n) is 3.01. The highest BCUT2D eigenvalue weighted by molar-refractivity contribution is 7.98. The second-order valence-corrected chi connectivity index (χ2v) is 4.91. The fraction of sp³-hybridized carbons (Fsp3) is 0.250. The van der Waals surface area contributed by atoms with Crippen LogP contribution in [0, 0.1) is 0 Å². The van der Waals surface area contributed by atoms with Crippen LogP contribution in [0.3, 0.4) is 0 Å². The Hall–Kier alpha value is -2.02. The minimum atomic E-state index is 0.735. The van der Waals surface area contributed by atoms with Gasteiger partial charge in [-0.25, -0.2) is 15.0 Å². The number of aromatic nitrogens is 6. The normalized spacial score (nSPS) is 11.1. The lowest BCUT2D eigenvalue weighted by atomic mass is 10.4. The summed E-state index contributed by atoms with van der Waals surface area (Å²) in [5, 5.41) is 1.01. The van der Waals surface area contributed by atoms with Crippen molar-refractivity contribution in [2.24, 2.45) is 7.05 Å². The van der Waals surface area contributed by atoms with Crippen LogP contribution in [-0.4, -0.2) is 35.3 Å². The van der Waals surface area contributed by atoms with Gasteiger partial charge in [0.1, 0.15) is 5.69 Å². The second-order valence-electron chi connectivity index (χ2n) is 4.14. The number of thioether (sulfide) groups is 1. The van der Waals surface area contributed by atoms with Crippen LogP contribution >= 0.6 is 11.8 Å². The fourth-order valence-electron chi connectivity index (χ4n) is 2.00. The van der Waals surface area contributed by atoms with Gasteiger partial charge in [0.25, 0.3) is 0 Å². The minimum absolute atomic E-state index is 0.735. The van der Waals surface area contributed by atoms with E-state index in [0.29, 0.717) is 0 Å². The quantitative estimate of drug-likeness (QED) is 0.737. The van der Waals surface area contributed by atoms with Crippen LogP contribution in [0.4, 0.5) is 0 Å². The van der Waals surface area contributed by atoms with Gasteiger partial charge in [0, 0.05) is 19.4 Å². The molecule has 3 heterocycles. The van der Waals surface area contributed by atoms with Crippen molar-refractivity contribution in [2.75, 3.05) is 6.26 Å². The van der Waals surface area contributed by atoms with Crippen LogP contribution in [0.15, 0.2) is 36.3 Å². The van der Waals surface area contributed by atoms with Gasteiger partial charge in [0.2, 0.25) is 0 Å². The lowest BCUT2D eigenvalue weighted by Gasteiger charge is -2.08. The van der Waals surface area contributed by atoms with Crippen LogP contribution < -0.4 is 0 Å². The van der Waals surface area contributed by atoms with E-state index < -0.39 is 0 Å². The Labute approximate surface area is 114 Å². The summed E-state index contributed by atoms with van der Waals surface area (Å²) in [7, 11) is 2.03. The number of nitrogens with zero attached hydrogens (tertiary/aromatic N) is 5. The Bertz CT molecular complexity index is 666. The van der Waals surface area contributed by atoms with Crippen molar-refractivity contribution in [3.05, 3.63) is 36.8 Å². The van der Waals surface area contributed by atoms with Gasteiger partial charge in [-0.2, -0.15) is 0 Å². The molecule has 0 aliphatic carbocycles. The zero-order chi connectivity index (χ0) is 13.2. The number of rotatable bonds is 4. The molecule has 98 valence electrons. The molecule has 0 unspecified atom stereocenters. The van der Waals surface area contributed by atoms with E-state index in [9.17, 15) is 0 Å². The third kappa shape index (κ3) is 2.17. The summed E-state index contributed by atoms with van der Waals surface area (Å²) in [5.74, 6) is 0.879. The first-order valence-corrected chi connectivity index (χ1v) is 7.06. The molecule has 0 spiro atoms. The van der Waals surface area contributed by atoms with Crippen molar-refractivity contribution in [1.82, 2.24) is 29.1 Å². The maximum atomic E-state index is 4.38. The van der Waals surface area contributed by atoms with Gasteiger partial charge in [0.15, 0.2) is 11.0 Å². The largest absolute Gasteiger partial charge is 0.342 e. The van der Waals surface area contributed by atoms with E-state index in [2.05, 4.69) is 29.1 Å². The Morgan fingerprint density at radius 3 is 2.89 bits per heavy atom. The molecule has 0 saturated carbocycles. The van der Waals surface area contributed by atoms with E-state index in [0.717, 1.165) is 28.9 Å². The van der Waals surface area contributed by atoms with Gasteiger partial charge < -0.3 is 14.1 Å². The summed E-state index contributed by atoms with van der Waals surface area (Å²) in [5.41, 5.74) is 2.06. The lowest BCUT2D eigenvalue weighted by molar-refractivity contribution is 0.689. The van der Waals surface area contributed by atoms with E-state index in [1.165, 1.54) is 0 Å². The van der Waals surface area contributed by atoms with Crippen LogP contribution in [0.5, 0.6) is 0 Å². The van der Waals surface area contributed by atoms with Crippen LogP contribution in [0.1, 0.15) is 5.69 Å². The van der Waals surface area contributed by atoms with Crippen LogP contribution in [0.25, 0.3) is 11.5 Å². The molecule has 7 heteroatoms. The SMILES string of the molecule is CSc1ncc(Cn2ccnc2-c2cnc[nH]2)n1C. The van der Waals surface area contributed by atoms with Crippen molar-refractivity contribution in [1.29, 1.82) is 0 Å². The maximum Gasteiger partial charge on any atom is 0.167 e. The molecule has 19 heavy (non-hydrogen) atoms. The van der Waals surface area contributed by atoms with Crippen molar-refractivity contribution < 1.29 is 0 Å². The zero-order valence-corrected chi connectivity index (χ0v) is 11.6. The summed E-state index contributed by atoms with van der Waals surface area (Å²) in [6.45, 7) is 0.735. The van der Waals surface area contributed by atoms with Crippen molar-refractivity contribution in [3.63, 3.8) is 0 Å². The minimum Gasteiger partial charge on any atom is -0.342 e. The lowest BCUT2D eigenvalue weighted by Crippen LogP contribution is -2.06. The number of imidazole rings is 3. The molecule has 0 bridgehead atoms. The molecule has 0 aromatic carbocycles. The van der Waals surface area contributed by atoms with Crippen molar-refractivity contribution in [3.8, 4) is 11.5 Å². The molecule has 3 aromatic rings. The van der Waals surface area contributed by atoms with Crippen molar-refractivity contribution in [2.45, 2.75) is 11.7 Å². The summed E-state index contributed by atoms with van der Waals surface area (Å²) < 4.78 is 4.18. The average Bonchev–Trinajstić information content (AvgIpc) is 3.12. The summed E-state index contributed by atoms with van der Waals surface area (Å²) in [4.78, 5) is 15.9. The molecular weight excluding hydrogens is 260 g/mol. The van der Waals surface area contributed by atoms with E-state index in [4.69, 9.17) is 0 Å². The highest BCUT2D eigenvalue weighted by Gasteiger charge is 2.10. The molecule has 0 atom stereocenters. The van der Waals surface area contributed by atoms with E-state index in [1.807, 2.05) is 25.7 Å². The molecule has 1 N–H and O–H groups in total. The number of hydrogen-bond acceptors (Lipinski definition) is 4. The van der Waals surface area contributed by atoms with E-state index >= 15 is 0 Å². The summed E-state index contributed by atoms with van der Waals surface area (Å²) in [6, 6.07) is 0. The fourth-order valence-corrected chi connectivity index (χ4v) is 2.55.